The van der Waals surface area contributed by atoms with Crippen molar-refractivity contribution in [2.45, 2.75) is 32.2 Å². The fourth-order valence-electron chi connectivity index (χ4n) is 1.27. The molecule has 1 nitrogen and oxygen atoms in total. The van der Waals surface area contributed by atoms with Crippen LogP contribution in [0.15, 0.2) is 24.3 Å². The van der Waals surface area contributed by atoms with Gasteiger partial charge in [0.2, 0.25) is 0 Å². The molecule has 1 N–H and O–H groups in total. The Hall–Kier alpha value is -0.755. The lowest BCUT2D eigenvalue weighted by Gasteiger charge is -2.23. The Morgan fingerprint density at radius 2 is 1.79 bits per heavy atom. The van der Waals surface area contributed by atoms with E-state index in [4.69, 9.17) is 7.85 Å². The molecule has 1 aromatic carbocycles. The first-order valence-corrected chi connectivity index (χ1v) is 5.07. The van der Waals surface area contributed by atoms with E-state index < -0.39 is 0 Å². The van der Waals surface area contributed by atoms with Gasteiger partial charge in [-0.1, -0.05) is 29.7 Å². The first-order chi connectivity index (χ1) is 6.53. The van der Waals surface area contributed by atoms with E-state index in [1.165, 1.54) is 5.56 Å². The number of hydrogen-bond acceptors (Lipinski definition) is 1. The molecular formula is C12H18BN. The quantitative estimate of drug-likeness (QED) is 0.702. The highest BCUT2D eigenvalue weighted by Crippen LogP contribution is 2.12. The van der Waals surface area contributed by atoms with Crippen LogP contribution in [0.5, 0.6) is 0 Å². The van der Waals surface area contributed by atoms with E-state index in [1.54, 1.807) is 0 Å². The average molecular weight is 187 g/mol. The van der Waals surface area contributed by atoms with Gasteiger partial charge in [-0.05, 0) is 39.3 Å². The van der Waals surface area contributed by atoms with E-state index in [-0.39, 0.29) is 5.54 Å². The first kappa shape index (κ1) is 11.3. The second-order valence-corrected chi connectivity index (χ2v) is 4.38. The van der Waals surface area contributed by atoms with Crippen LogP contribution in [0.25, 0.3) is 0 Å². The Morgan fingerprint density at radius 1 is 1.21 bits per heavy atom. The van der Waals surface area contributed by atoms with Crippen LogP contribution in [0.1, 0.15) is 25.8 Å². The summed E-state index contributed by atoms with van der Waals surface area (Å²) in [4.78, 5) is 0. The van der Waals surface area contributed by atoms with E-state index in [0.717, 1.165) is 18.3 Å². The van der Waals surface area contributed by atoms with Gasteiger partial charge in [-0.3, -0.25) is 0 Å². The summed E-state index contributed by atoms with van der Waals surface area (Å²) in [7, 11) is 7.63. The molecule has 0 fully saturated rings. The van der Waals surface area contributed by atoms with E-state index in [9.17, 15) is 0 Å². The molecule has 14 heavy (non-hydrogen) atoms. The summed E-state index contributed by atoms with van der Waals surface area (Å²) in [6.45, 7) is 4.43. The normalized spacial score (nSPS) is 11.6. The molecule has 0 spiro atoms. The average Bonchev–Trinajstić information content (AvgIpc) is 2.17. The minimum absolute atomic E-state index is 0.210. The molecule has 74 valence electrons. The second-order valence-electron chi connectivity index (χ2n) is 4.38. The molecule has 0 bridgehead atoms. The fraction of sp³-hybridized carbons (Fsp3) is 0.500. The van der Waals surface area contributed by atoms with Crippen molar-refractivity contribution in [1.82, 2.24) is 5.32 Å². The summed E-state index contributed by atoms with van der Waals surface area (Å²) < 4.78 is 0. The largest absolute Gasteiger partial charge is 0.315 e. The van der Waals surface area contributed by atoms with Crippen molar-refractivity contribution in [2.24, 2.45) is 0 Å². The van der Waals surface area contributed by atoms with Crippen LogP contribution in [0.4, 0.5) is 0 Å². The summed E-state index contributed by atoms with van der Waals surface area (Å²) in [6, 6.07) is 8.12. The zero-order chi connectivity index (χ0) is 10.6. The monoisotopic (exact) mass is 187 g/mol. The minimum Gasteiger partial charge on any atom is -0.315 e. The number of hydrogen-bond donors (Lipinski definition) is 1. The van der Waals surface area contributed by atoms with E-state index in [2.05, 4.69) is 31.3 Å². The molecule has 0 heterocycles. The summed E-state index contributed by atoms with van der Waals surface area (Å²) >= 11 is 0. The van der Waals surface area contributed by atoms with Crippen molar-refractivity contribution >= 4 is 13.3 Å². The van der Waals surface area contributed by atoms with Crippen LogP contribution in [-0.4, -0.2) is 20.4 Å². The number of benzene rings is 1. The van der Waals surface area contributed by atoms with Gasteiger partial charge in [-0.2, -0.15) is 0 Å². The third-order valence-corrected chi connectivity index (χ3v) is 2.70. The first-order valence-electron chi connectivity index (χ1n) is 5.07. The molecule has 1 aromatic rings. The molecule has 0 aliphatic heterocycles. The van der Waals surface area contributed by atoms with Crippen LogP contribution in [0.3, 0.4) is 0 Å². The molecule has 2 heteroatoms. The Balaban J connectivity index is 2.50. The van der Waals surface area contributed by atoms with Gasteiger partial charge < -0.3 is 5.32 Å². The summed E-state index contributed by atoms with van der Waals surface area (Å²) in [5.41, 5.74) is 2.39. The van der Waals surface area contributed by atoms with Crippen molar-refractivity contribution in [2.75, 3.05) is 7.05 Å². The zero-order valence-corrected chi connectivity index (χ0v) is 9.30. The molecule has 0 saturated heterocycles. The van der Waals surface area contributed by atoms with Gasteiger partial charge >= 0.3 is 0 Å². The van der Waals surface area contributed by atoms with Crippen LogP contribution in [-0.2, 0) is 6.42 Å². The van der Waals surface area contributed by atoms with Gasteiger partial charge in [-0.25, -0.2) is 0 Å². The lowest BCUT2D eigenvalue weighted by Crippen LogP contribution is -2.36. The van der Waals surface area contributed by atoms with Gasteiger partial charge in [0, 0.05) is 5.54 Å². The highest BCUT2D eigenvalue weighted by molar-refractivity contribution is 6.32. The predicted molar refractivity (Wildman–Crippen MR) is 63.3 cm³/mol. The highest BCUT2D eigenvalue weighted by Gasteiger charge is 2.13. The Bertz CT molecular complexity index is 277. The number of aryl methyl sites for hydroxylation is 1. The maximum absolute atomic E-state index is 5.62. The van der Waals surface area contributed by atoms with E-state index in [1.807, 2.05) is 19.2 Å². The third kappa shape index (κ3) is 3.55. The molecule has 0 aliphatic rings. The van der Waals surface area contributed by atoms with Gasteiger partial charge in [0.1, 0.15) is 7.85 Å². The maximum Gasteiger partial charge on any atom is 0.113 e. The maximum atomic E-state index is 5.62. The van der Waals surface area contributed by atoms with E-state index in [0.29, 0.717) is 0 Å². The molecule has 0 amide bonds. The van der Waals surface area contributed by atoms with Crippen LogP contribution in [0.2, 0.25) is 0 Å². The molecule has 0 atom stereocenters. The zero-order valence-electron chi connectivity index (χ0n) is 9.30. The van der Waals surface area contributed by atoms with Crippen LogP contribution in [0, 0.1) is 0 Å². The second kappa shape index (κ2) is 4.65. The van der Waals surface area contributed by atoms with Crippen molar-refractivity contribution in [1.29, 1.82) is 0 Å². The number of rotatable bonds is 4. The summed E-state index contributed by atoms with van der Waals surface area (Å²) in [6.07, 6.45) is 2.22. The smallest absolute Gasteiger partial charge is 0.113 e. The van der Waals surface area contributed by atoms with Gasteiger partial charge in [-0.15, -0.1) is 0 Å². The molecular weight excluding hydrogens is 169 g/mol. The topological polar surface area (TPSA) is 12.0 Å². The van der Waals surface area contributed by atoms with Gasteiger partial charge in [0.15, 0.2) is 0 Å². The summed E-state index contributed by atoms with van der Waals surface area (Å²) in [5.74, 6) is 0. The minimum atomic E-state index is 0.210. The Morgan fingerprint density at radius 3 is 2.29 bits per heavy atom. The molecule has 2 radical (unpaired) electrons. The molecule has 1 rings (SSSR count). The van der Waals surface area contributed by atoms with Gasteiger partial charge in [0.25, 0.3) is 0 Å². The lowest BCUT2D eigenvalue weighted by atomic mass is 9.92. The van der Waals surface area contributed by atoms with Crippen molar-refractivity contribution in [3.8, 4) is 0 Å². The lowest BCUT2D eigenvalue weighted by molar-refractivity contribution is 0.393. The predicted octanol–water partition coefficient (Wildman–Crippen LogP) is 1.41. The Labute approximate surface area is 88.3 Å². The Kier molecular flexibility index (Phi) is 3.76. The van der Waals surface area contributed by atoms with Gasteiger partial charge in [0.05, 0.1) is 0 Å². The van der Waals surface area contributed by atoms with Crippen molar-refractivity contribution in [3.05, 3.63) is 29.8 Å². The molecule has 0 saturated carbocycles. The van der Waals surface area contributed by atoms with E-state index >= 15 is 0 Å². The highest BCUT2D eigenvalue weighted by atomic mass is 14.9. The van der Waals surface area contributed by atoms with Crippen molar-refractivity contribution in [3.63, 3.8) is 0 Å². The van der Waals surface area contributed by atoms with Crippen LogP contribution >= 0.6 is 0 Å². The molecule has 0 unspecified atom stereocenters. The number of nitrogens with one attached hydrogen (secondary N) is 1. The van der Waals surface area contributed by atoms with Crippen molar-refractivity contribution < 1.29 is 0 Å². The fourth-order valence-corrected chi connectivity index (χ4v) is 1.27. The summed E-state index contributed by atoms with van der Waals surface area (Å²) in [5, 5.41) is 3.30. The SMILES string of the molecule is [B]c1ccc(CCC(C)(C)NC)cc1. The third-order valence-electron chi connectivity index (χ3n) is 2.70. The van der Waals surface area contributed by atoms with Crippen LogP contribution < -0.4 is 10.8 Å². The standard InChI is InChI=1S/C12H18BN/c1-12(2,14-3)9-8-10-4-6-11(13)7-5-10/h4-7,14H,8-9H2,1-3H3. The molecule has 0 aromatic heterocycles. The molecule has 0 aliphatic carbocycles.